The van der Waals surface area contributed by atoms with Gasteiger partial charge < -0.3 is 4.74 Å². The summed E-state index contributed by atoms with van der Waals surface area (Å²) in [4.78, 5) is 0. The van der Waals surface area contributed by atoms with Gasteiger partial charge in [0.15, 0.2) is 0 Å². The number of benzene rings is 1. The van der Waals surface area contributed by atoms with Crippen molar-refractivity contribution in [1.29, 1.82) is 0 Å². The highest BCUT2D eigenvalue weighted by Gasteiger charge is 2.30. The lowest BCUT2D eigenvalue weighted by Crippen LogP contribution is -2.17. The highest BCUT2D eigenvalue weighted by Crippen LogP contribution is 2.23. The zero-order chi connectivity index (χ0) is 10.6. The van der Waals surface area contributed by atoms with Crippen LogP contribution in [0.1, 0.15) is 5.56 Å². The Hall–Kier alpha value is -0.840. The van der Waals surface area contributed by atoms with E-state index >= 15 is 0 Å². The fourth-order valence-corrected chi connectivity index (χ4v) is 1.29. The van der Waals surface area contributed by atoms with E-state index in [9.17, 15) is 13.2 Å². The summed E-state index contributed by atoms with van der Waals surface area (Å²) >= 11 is 3.99. The lowest BCUT2D eigenvalue weighted by Gasteiger charge is -2.09. The van der Waals surface area contributed by atoms with Crippen LogP contribution in [0.4, 0.5) is 13.2 Å². The first kappa shape index (κ1) is 11.2. The largest absolute Gasteiger partial charge is 0.573 e. The minimum absolute atomic E-state index is 0.184. The van der Waals surface area contributed by atoms with E-state index in [0.29, 0.717) is 12.2 Å². The monoisotopic (exact) mass is 222 g/mol. The summed E-state index contributed by atoms with van der Waals surface area (Å²) in [5, 5.41) is 0. The summed E-state index contributed by atoms with van der Waals surface area (Å²) in [6.07, 6.45) is -4.00. The normalized spacial score (nSPS) is 11.4. The van der Waals surface area contributed by atoms with Gasteiger partial charge >= 0.3 is 6.36 Å². The molecule has 0 aliphatic rings. The van der Waals surface area contributed by atoms with Crippen molar-refractivity contribution in [3.8, 4) is 5.75 Å². The number of rotatable bonds is 3. The second kappa shape index (κ2) is 4.59. The maximum atomic E-state index is 11.8. The zero-order valence-corrected chi connectivity index (χ0v) is 8.11. The Morgan fingerprint density at radius 3 is 2.57 bits per heavy atom. The van der Waals surface area contributed by atoms with Gasteiger partial charge in [-0.3, -0.25) is 0 Å². The molecule has 78 valence electrons. The number of thiol groups is 1. The van der Waals surface area contributed by atoms with Gasteiger partial charge in [0.1, 0.15) is 5.75 Å². The highest BCUT2D eigenvalue weighted by molar-refractivity contribution is 7.80. The highest BCUT2D eigenvalue weighted by atomic mass is 32.1. The molecular weight excluding hydrogens is 213 g/mol. The molecule has 0 saturated carbocycles. The van der Waals surface area contributed by atoms with E-state index < -0.39 is 6.36 Å². The molecule has 1 aromatic carbocycles. The Balaban J connectivity index is 2.73. The molecule has 1 nitrogen and oxygen atoms in total. The lowest BCUT2D eigenvalue weighted by molar-refractivity contribution is -0.274. The summed E-state index contributed by atoms with van der Waals surface area (Å²) < 4.78 is 39.2. The van der Waals surface area contributed by atoms with E-state index in [-0.39, 0.29) is 5.75 Å². The maximum Gasteiger partial charge on any atom is 0.573 e. The van der Waals surface area contributed by atoms with E-state index in [4.69, 9.17) is 0 Å². The third kappa shape index (κ3) is 3.91. The first-order valence-corrected chi connectivity index (χ1v) is 4.60. The molecule has 0 heterocycles. The third-order valence-electron chi connectivity index (χ3n) is 1.53. The van der Waals surface area contributed by atoms with Crippen molar-refractivity contribution in [3.63, 3.8) is 0 Å². The molecule has 0 radical (unpaired) electrons. The Morgan fingerprint density at radius 1 is 1.29 bits per heavy atom. The van der Waals surface area contributed by atoms with Crippen LogP contribution in [0.2, 0.25) is 0 Å². The second-order valence-corrected chi connectivity index (χ2v) is 3.12. The molecule has 1 rings (SSSR count). The molecule has 1 aromatic rings. The van der Waals surface area contributed by atoms with Gasteiger partial charge in [0, 0.05) is 0 Å². The molecule has 5 heteroatoms. The first-order chi connectivity index (χ1) is 6.51. The van der Waals surface area contributed by atoms with Crippen molar-refractivity contribution in [2.45, 2.75) is 12.8 Å². The second-order valence-electron chi connectivity index (χ2n) is 2.67. The molecule has 0 N–H and O–H groups in total. The summed E-state index contributed by atoms with van der Waals surface area (Å²) in [5.74, 6) is 0.409. The summed E-state index contributed by atoms with van der Waals surface area (Å²) in [5.41, 5.74) is 0.779. The summed E-state index contributed by atoms with van der Waals surface area (Å²) in [7, 11) is 0. The number of alkyl halides is 3. The molecule has 0 spiro atoms. The molecule has 0 unspecified atom stereocenters. The first-order valence-electron chi connectivity index (χ1n) is 3.97. The molecular formula is C9H9F3OS. The number of halogens is 3. The fourth-order valence-electron chi connectivity index (χ4n) is 1.03. The zero-order valence-electron chi connectivity index (χ0n) is 7.21. The van der Waals surface area contributed by atoms with Crippen LogP contribution in [-0.2, 0) is 6.42 Å². The van der Waals surface area contributed by atoms with E-state index in [1.807, 2.05) is 0 Å². The molecule has 0 amide bonds. The van der Waals surface area contributed by atoms with Crippen molar-refractivity contribution < 1.29 is 17.9 Å². The van der Waals surface area contributed by atoms with Crippen molar-refractivity contribution in [1.82, 2.24) is 0 Å². The topological polar surface area (TPSA) is 9.23 Å². The molecule has 0 aliphatic heterocycles. The van der Waals surface area contributed by atoms with E-state index in [2.05, 4.69) is 17.4 Å². The molecule has 0 atom stereocenters. The molecule has 14 heavy (non-hydrogen) atoms. The number of ether oxygens (including phenoxy) is 1. The van der Waals surface area contributed by atoms with Crippen LogP contribution in [0.25, 0.3) is 0 Å². The Bertz CT molecular complexity index is 298. The number of hydrogen-bond donors (Lipinski definition) is 1. The molecule has 0 saturated heterocycles. The van der Waals surface area contributed by atoms with Crippen LogP contribution in [0.3, 0.4) is 0 Å². The van der Waals surface area contributed by atoms with Gasteiger partial charge in [-0.05, 0) is 29.9 Å². The molecule has 0 aromatic heterocycles. The minimum Gasteiger partial charge on any atom is -0.406 e. The van der Waals surface area contributed by atoms with Gasteiger partial charge in [-0.25, -0.2) is 0 Å². The van der Waals surface area contributed by atoms with Crippen molar-refractivity contribution in [3.05, 3.63) is 29.8 Å². The van der Waals surface area contributed by atoms with E-state index in [0.717, 1.165) is 5.56 Å². The average Bonchev–Trinajstić information content (AvgIpc) is 2.02. The number of aryl methyl sites for hydroxylation is 1. The standard InChI is InChI=1S/C9H9F3OS/c10-9(11,12)13-8-3-1-2-7(6-8)4-5-14/h1-3,6,14H,4-5H2. The van der Waals surface area contributed by atoms with Crippen molar-refractivity contribution in [2.24, 2.45) is 0 Å². The van der Waals surface area contributed by atoms with Gasteiger partial charge in [-0.2, -0.15) is 12.6 Å². The van der Waals surface area contributed by atoms with Crippen LogP contribution >= 0.6 is 12.6 Å². The van der Waals surface area contributed by atoms with Gasteiger partial charge in [-0.1, -0.05) is 12.1 Å². The van der Waals surface area contributed by atoms with Crippen LogP contribution in [0.15, 0.2) is 24.3 Å². The Morgan fingerprint density at radius 2 is 2.00 bits per heavy atom. The van der Waals surface area contributed by atoms with Gasteiger partial charge in [0.05, 0.1) is 0 Å². The van der Waals surface area contributed by atoms with Crippen molar-refractivity contribution >= 4 is 12.6 Å². The summed E-state index contributed by atoms with van der Waals surface area (Å²) in [6, 6.07) is 5.90. The fraction of sp³-hybridized carbons (Fsp3) is 0.333. The summed E-state index contributed by atoms with van der Waals surface area (Å²) in [6.45, 7) is 0. The van der Waals surface area contributed by atoms with Crippen LogP contribution in [0.5, 0.6) is 5.75 Å². The Labute approximate surface area is 85.3 Å². The SMILES string of the molecule is FC(F)(F)Oc1cccc(CCS)c1. The van der Waals surface area contributed by atoms with Crippen molar-refractivity contribution in [2.75, 3.05) is 5.75 Å². The van der Waals surface area contributed by atoms with Crippen LogP contribution < -0.4 is 4.74 Å². The van der Waals surface area contributed by atoms with E-state index in [1.165, 1.54) is 18.2 Å². The van der Waals surface area contributed by atoms with Gasteiger partial charge in [-0.15, -0.1) is 13.2 Å². The maximum absolute atomic E-state index is 11.8. The van der Waals surface area contributed by atoms with Crippen LogP contribution in [0, 0.1) is 0 Å². The average molecular weight is 222 g/mol. The lowest BCUT2D eigenvalue weighted by atomic mass is 10.2. The van der Waals surface area contributed by atoms with Gasteiger partial charge in [0.25, 0.3) is 0 Å². The molecule has 0 bridgehead atoms. The van der Waals surface area contributed by atoms with Gasteiger partial charge in [0.2, 0.25) is 0 Å². The van der Waals surface area contributed by atoms with E-state index in [1.54, 1.807) is 6.07 Å². The predicted octanol–water partition coefficient (Wildman–Crippen LogP) is 3.06. The molecule has 0 fully saturated rings. The smallest absolute Gasteiger partial charge is 0.406 e. The van der Waals surface area contributed by atoms with Crippen LogP contribution in [-0.4, -0.2) is 12.1 Å². The molecule has 0 aliphatic carbocycles. The predicted molar refractivity (Wildman–Crippen MR) is 50.7 cm³/mol. The number of hydrogen-bond acceptors (Lipinski definition) is 2. The third-order valence-corrected chi connectivity index (χ3v) is 1.76. The quantitative estimate of drug-likeness (QED) is 0.773. The minimum atomic E-state index is -4.63. The Kier molecular flexibility index (Phi) is 3.69.